The number of Topliss-reactive ketones (excluding diaryl/α,β-unsaturated/α-hetero) is 2. The topological polar surface area (TPSA) is 60.2 Å². The van der Waals surface area contributed by atoms with Gasteiger partial charge in [-0.2, -0.15) is 0 Å². The molecule has 0 atom stereocenters. The van der Waals surface area contributed by atoms with Crippen LogP contribution in [-0.4, -0.2) is 16.6 Å². The van der Waals surface area contributed by atoms with Crippen LogP contribution in [0.4, 0.5) is 0 Å². The number of oxazole rings is 1. The highest BCUT2D eigenvalue weighted by molar-refractivity contribution is 6.52. The predicted molar refractivity (Wildman–Crippen MR) is 76.0 cm³/mol. The predicted octanol–water partition coefficient (Wildman–Crippen LogP) is 3.39. The van der Waals surface area contributed by atoms with E-state index in [2.05, 4.69) is 4.98 Å². The Bertz CT molecular complexity index is 878. The zero-order valence-corrected chi connectivity index (χ0v) is 10.9. The van der Waals surface area contributed by atoms with Gasteiger partial charge in [0.05, 0.1) is 0 Å². The van der Waals surface area contributed by atoms with Gasteiger partial charge in [-0.1, -0.05) is 42.5 Å². The molecule has 0 N–H and O–H groups in total. The smallest absolute Gasteiger partial charge is 0.255 e. The molecule has 0 amide bonds. The number of ketones is 2. The molecule has 1 heterocycles. The van der Waals surface area contributed by atoms with E-state index in [1.54, 1.807) is 24.3 Å². The van der Waals surface area contributed by atoms with Gasteiger partial charge in [0.25, 0.3) is 5.78 Å². The van der Waals surface area contributed by atoms with E-state index in [0.717, 1.165) is 5.56 Å². The molecule has 0 bridgehead atoms. The highest BCUT2D eigenvalue weighted by Gasteiger charge is 2.35. The Morgan fingerprint density at radius 2 is 1.43 bits per heavy atom. The van der Waals surface area contributed by atoms with Crippen molar-refractivity contribution in [3.8, 4) is 22.8 Å². The fourth-order valence-electron chi connectivity index (χ4n) is 2.47. The van der Waals surface area contributed by atoms with Crippen LogP contribution in [-0.2, 0) is 0 Å². The summed E-state index contributed by atoms with van der Waals surface area (Å²) in [4.78, 5) is 28.5. The van der Waals surface area contributed by atoms with Gasteiger partial charge >= 0.3 is 0 Å². The monoisotopic (exact) mass is 275 g/mol. The third-order valence-corrected chi connectivity index (χ3v) is 3.49. The highest BCUT2D eigenvalue weighted by atomic mass is 16.4. The van der Waals surface area contributed by atoms with E-state index >= 15 is 0 Å². The summed E-state index contributed by atoms with van der Waals surface area (Å²) < 4.78 is 5.75. The molecular formula is C17H9NO3. The first-order valence-corrected chi connectivity index (χ1v) is 6.50. The summed E-state index contributed by atoms with van der Waals surface area (Å²) in [5.41, 5.74) is 1.85. The van der Waals surface area contributed by atoms with Crippen LogP contribution in [0.1, 0.15) is 20.8 Å². The maximum atomic E-state index is 12.2. The lowest BCUT2D eigenvalue weighted by atomic mass is 9.91. The number of hydrogen-bond acceptors (Lipinski definition) is 4. The summed E-state index contributed by atoms with van der Waals surface area (Å²) in [5, 5.41) is 0. The summed E-state index contributed by atoms with van der Waals surface area (Å²) in [5.74, 6) is -0.437. The van der Waals surface area contributed by atoms with Gasteiger partial charge in [-0.15, -0.1) is 0 Å². The maximum Gasteiger partial charge on any atom is 0.255 e. The molecule has 1 aromatic heterocycles. The minimum absolute atomic E-state index is 0.0950. The maximum absolute atomic E-state index is 12.2. The average Bonchev–Trinajstić information content (AvgIpc) is 2.99. The zero-order chi connectivity index (χ0) is 14.4. The van der Waals surface area contributed by atoms with Gasteiger partial charge in [0.1, 0.15) is 0 Å². The summed E-state index contributed by atoms with van der Waals surface area (Å²) in [6.07, 6.45) is 0. The molecule has 0 radical (unpaired) electrons. The molecule has 2 aromatic carbocycles. The van der Waals surface area contributed by atoms with Crippen molar-refractivity contribution in [2.24, 2.45) is 0 Å². The van der Waals surface area contributed by atoms with Crippen LogP contribution in [0.25, 0.3) is 22.8 Å². The molecule has 0 spiro atoms. The molecule has 4 heteroatoms. The molecular weight excluding hydrogens is 266 g/mol. The van der Waals surface area contributed by atoms with Crippen molar-refractivity contribution >= 4 is 11.6 Å². The van der Waals surface area contributed by atoms with Crippen LogP contribution in [0, 0.1) is 0 Å². The zero-order valence-electron chi connectivity index (χ0n) is 10.9. The summed E-state index contributed by atoms with van der Waals surface area (Å²) >= 11 is 0. The molecule has 0 fully saturated rings. The molecule has 3 aromatic rings. The number of benzene rings is 2. The molecule has 21 heavy (non-hydrogen) atoms. The molecule has 1 aliphatic carbocycles. The third-order valence-electron chi connectivity index (χ3n) is 3.49. The van der Waals surface area contributed by atoms with Gasteiger partial charge in [-0.25, -0.2) is 4.98 Å². The number of carbonyl (C=O) groups excluding carboxylic acids is 2. The number of carbonyl (C=O) groups is 2. The van der Waals surface area contributed by atoms with Crippen LogP contribution in [0.5, 0.6) is 0 Å². The van der Waals surface area contributed by atoms with E-state index in [-0.39, 0.29) is 5.69 Å². The Kier molecular flexibility index (Phi) is 2.38. The van der Waals surface area contributed by atoms with Crippen molar-refractivity contribution in [2.75, 3.05) is 0 Å². The highest BCUT2D eigenvalue weighted by Crippen LogP contribution is 2.36. The lowest BCUT2D eigenvalue weighted by Crippen LogP contribution is -2.20. The molecule has 0 unspecified atom stereocenters. The van der Waals surface area contributed by atoms with E-state index in [9.17, 15) is 9.59 Å². The van der Waals surface area contributed by atoms with Crippen LogP contribution in [0.2, 0.25) is 0 Å². The minimum Gasteiger partial charge on any atom is -0.435 e. The SMILES string of the molecule is O=C1C(=O)c2nc(-c3ccccc3)oc2-c2ccccc21. The third kappa shape index (κ3) is 1.66. The molecule has 1 aliphatic rings. The van der Waals surface area contributed by atoms with Crippen molar-refractivity contribution in [2.45, 2.75) is 0 Å². The second-order valence-corrected chi connectivity index (χ2v) is 4.77. The number of nitrogens with zero attached hydrogens (tertiary/aromatic N) is 1. The first kappa shape index (κ1) is 11.8. The first-order chi connectivity index (χ1) is 10.3. The Labute approximate surface area is 120 Å². The Morgan fingerprint density at radius 1 is 0.762 bits per heavy atom. The summed E-state index contributed by atoms with van der Waals surface area (Å²) in [6.45, 7) is 0. The van der Waals surface area contributed by atoms with Crippen LogP contribution >= 0.6 is 0 Å². The quantitative estimate of drug-likeness (QED) is 0.639. The van der Waals surface area contributed by atoms with Gasteiger partial charge in [-0.3, -0.25) is 9.59 Å². The van der Waals surface area contributed by atoms with E-state index in [4.69, 9.17) is 4.42 Å². The Balaban J connectivity index is 1.97. The van der Waals surface area contributed by atoms with Gasteiger partial charge < -0.3 is 4.42 Å². The number of aromatic nitrogens is 1. The van der Waals surface area contributed by atoms with Crippen molar-refractivity contribution in [1.82, 2.24) is 4.98 Å². The Morgan fingerprint density at radius 3 is 2.19 bits per heavy atom. The Hall–Kier alpha value is -3.01. The summed E-state index contributed by atoms with van der Waals surface area (Å²) in [7, 11) is 0. The lowest BCUT2D eigenvalue weighted by molar-refractivity contribution is 0.0812. The van der Waals surface area contributed by atoms with Crippen LogP contribution in [0.3, 0.4) is 0 Å². The van der Waals surface area contributed by atoms with Crippen LogP contribution < -0.4 is 0 Å². The van der Waals surface area contributed by atoms with Crippen molar-refractivity contribution in [1.29, 1.82) is 0 Å². The van der Waals surface area contributed by atoms with Gasteiger partial charge in [-0.05, 0) is 12.1 Å². The molecule has 0 saturated heterocycles. The average molecular weight is 275 g/mol. The number of fused-ring (bicyclic) bond motifs is 3. The van der Waals surface area contributed by atoms with Crippen LogP contribution in [0.15, 0.2) is 59.0 Å². The second kappa shape index (κ2) is 4.24. The second-order valence-electron chi connectivity index (χ2n) is 4.77. The molecule has 0 aliphatic heterocycles. The summed E-state index contributed by atoms with van der Waals surface area (Å²) in [6, 6.07) is 16.2. The fourth-order valence-corrected chi connectivity index (χ4v) is 2.47. The molecule has 4 nitrogen and oxygen atoms in total. The molecule has 0 saturated carbocycles. The fraction of sp³-hybridized carbons (Fsp3) is 0. The van der Waals surface area contributed by atoms with Crippen molar-refractivity contribution in [3.63, 3.8) is 0 Å². The van der Waals surface area contributed by atoms with Gasteiger partial charge in [0, 0.05) is 16.7 Å². The van der Waals surface area contributed by atoms with Gasteiger partial charge in [0.2, 0.25) is 11.7 Å². The lowest BCUT2D eigenvalue weighted by Gasteiger charge is -2.10. The van der Waals surface area contributed by atoms with Gasteiger partial charge in [0.15, 0.2) is 11.5 Å². The van der Waals surface area contributed by atoms with E-state index in [0.29, 0.717) is 22.8 Å². The van der Waals surface area contributed by atoms with E-state index < -0.39 is 11.6 Å². The van der Waals surface area contributed by atoms with Crippen molar-refractivity contribution in [3.05, 3.63) is 65.9 Å². The number of hydrogen-bond donors (Lipinski definition) is 0. The van der Waals surface area contributed by atoms with Crippen molar-refractivity contribution < 1.29 is 14.0 Å². The van der Waals surface area contributed by atoms with E-state index in [1.165, 1.54) is 0 Å². The molecule has 100 valence electrons. The van der Waals surface area contributed by atoms with E-state index in [1.807, 2.05) is 30.3 Å². The standard InChI is InChI=1S/C17H9NO3/c19-14-11-8-4-5-9-12(11)16-13(15(14)20)18-17(21-16)10-6-2-1-3-7-10/h1-9H. The first-order valence-electron chi connectivity index (χ1n) is 6.50. The molecule has 4 rings (SSSR count). The minimum atomic E-state index is -0.616. The normalized spacial score (nSPS) is 13.0. The largest absolute Gasteiger partial charge is 0.435 e. The number of rotatable bonds is 1.